The molecule has 5 heteroatoms. The first kappa shape index (κ1) is 12.4. The van der Waals surface area contributed by atoms with Gasteiger partial charge in [0.15, 0.2) is 0 Å². The highest BCUT2D eigenvalue weighted by atomic mass is 16.4. The molecule has 4 N–H and O–H groups in total. The molecule has 0 spiro atoms. The Labute approximate surface area is 101 Å². The molecule has 2 fully saturated rings. The molecule has 0 aromatic heterocycles. The number of carbonyl (C=O) groups excluding carboxylic acids is 1. The van der Waals surface area contributed by atoms with Crippen LogP contribution in [0.2, 0.25) is 0 Å². The lowest BCUT2D eigenvalue weighted by Crippen LogP contribution is -2.44. The van der Waals surface area contributed by atoms with Gasteiger partial charge in [-0.05, 0) is 44.4 Å². The summed E-state index contributed by atoms with van der Waals surface area (Å²) in [5.41, 5.74) is 5.18. The number of nitrogens with two attached hydrogens (primary N) is 1. The van der Waals surface area contributed by atoms with E-state index in [0.717, 1.165) is 38.5 Å². The third-order valence-corrected chi connectivity index (χ3v) is 3.99. The summed E-state index contributed by atoms with van der Waals surface area (Å²) >= 11 is 0. The lowest BCUT2D eigenvalue weighted by Gasteiger charge is -2.26. The number of carboxylic acid groups (broad SMARTS) is 1. The molecular formula is C12H20N2O3. The summed E-state index contributed by atoms with van der Waals surface area (Å²) in [4.78, 5) is 22.4. The van der Waals surface area contributed by atoms with Crippen LogP contribution in [0.25, 0.3) is 0 Å². The number of carbonyl (C=O) groups is 2. The molecule has 2 aliphatic carbocycles. The van der Waals surface area contributed by atoms with Gasteiger partial charge in [-0.1, -0.05) is 0 Å². The van der Waals surface area contributed by atoms with Gasteiger partial charge >= 0.3 is 5.97 Å². The number of amides is 1. The fraction of sp³-hybridized carbons (Fsp3) is 0.833. The van der Waals surface area contributed by atoms with Gasteiger partial charge in [-0.15, -0.1) is 0 Å². The van der Waals surface area contributed by atoms with E-state index in [1.165, 1.54) is 0 Å². The monoisotopic (exact) mass is 240 g/mol. The Morgan fingerprint density at radius 1 is 1.24 bits per heavy atom. The van der Waals surface area contributed by atoms with Gasteiger partial charge in [-0.25, -0.2) is 0 Å². The number of hydrogen-bond donors (Lipinski definition) is 3. The minimum Gasteiger partial charge on any atom is -0.481 e. The molecule has 1 amide bonds. The third-order valence-electron chi connectivity index (χ3n) is 3.99. The molecule has 0 bridgehead atoms. The third kappa shape index (κ3) is 2.97. The van der Waals surface area contributed by atoms with Crippen molar-refractivity contribution in [2.75, 3.05) is 6.54 Å². The number of aliphatic carboxylic acids is 1. The molecule has 96 valence electrons. The molecule has 0 unspecified atom stereocenters. The zero-order valence-corrected chi connectivity index (χ0v) is 9.95. The van der Waals surface area contributed by atoms with Crippen molar-refractivity contribution in [3.63, 3.8) is 0 Å². The van der Waals surface area contributed by atoms with Gasteiger partial charge in [0, 0.05) is 6.54 Å². The minimum atomic E-state index is -0.689. The van der Waals surface area contributed by atoms with Crippen LogP contribution in [0.1, 0.15) is 38.5 Å². The van der Waals surface area contributed by atoms with Crippen LogP contribution in [-0.2, 0) is 9.59 Å². The molecule has 17 heavy (non-hydrogen) atoms. The van der Waals surface area contributed by atoms with Gasteiger partial charge in [0.05, 0.1) is 11.5 Å². The van der Waals surface area contributed by atoms with Crippen LogP contribution in [0.4, 0.5) is 0 Å². The first-order valence-electron chi connectivity index (χ1n) is 6.31. The van der Waals surface area contributed by atoms with Gasteiger partial charge in [0.1, 0.15) is 0 Å². The Balaban J connectivity index is 1.68. The van der Waals surface area contributed by atoms with Crippen molar-refractivity contribution in [3.05, 3.63) is 0 Å². The fourth-order valence-electron chi connectivity index (χ4n) is 2.39. The van der Waals surface area contributed by atoms with Crippen molar-refractivity contribution in [1.82, 2.24) is 5.32 Å². The molecule has 5 nitrogen and oxygen atoms in total. The van der Waals surface area contributed by atoms with E-state index in [-0.39, 0.29) is 11.8 Å². The van der Waals surface area contributed by atoms with Gasteiger partial charge < -0.3 is 16.2 Å². The maximum atomic E-state index is 11.6. The largest absolute Gasteiger partial charge is 0.481 e. The number of carboxylic acids is 1. The summed E-state index contributed by atoms with van der Waals surface area (Å²) in [6.45, 7) is 0.643. The lowest BCUT2D eigenvalue weighted by molar-refractivity contribution is -0.143. The lowest BCUT2D eigenvalue weighted by atomic mass is 9.82. The van der Waals surface area contributed by atoms with Crippen molar-refractivity contribution in [3.8, 4) is 0 Å². The molecule has 0 aromatic rings. The normalized spacial score (nSPS) is 30.6. The summed E-state index contributed by atoms with van der Waals surface area (Å²) in [6, 6.07) is 0. The molecule has 2 aliphatic rings. The van der Waals surface area contributed by atoms with E-state index in [0.29, 0.717) is 12.5 Å². The average molecular weight is 240 g/mol. The molecule has 2 saturated carbocycles. The first-order chi connectivity index (χ1) is 8.01. The molecular weight excluding hydrogens is 220 g/mol. The van der Waals surface area contributed by atoms with Crippen molar-refractivity contribution < 1.29 is 14.7 Å². The second-order valence-electron chi connectivity index (χ2n) is 5.42. The maximum absolute atomic E-state index is 11.6. The summed E-state index contributed by atoms with van der Waals surface area (Å²) in [5.74, 6) is -0.507. The van der Waals surface area contributed by atoms with Gasteiger partial charge in [0.2, 0.25) is 5.91 Å². The maximum Gasteiger partial charge on any atom is 0.306 e. The molecule has 0 heterocycles. The highest BCUT2D eigenvalue weighted by molar-refractivity contribution is 5.88. The molecule has 0 aromatic carbocycles. The zero-order chi connectivity index (χ0) is 12.5. The molecule has 0 atom stereocenters. The Kier molecular flexibility index (Phi) is 3.38. The van der Waals surface area contributed by atoms with Crippen molar-refractivity contribution >= 4 is 11.9 Å². The van der Waals surface area contributed by atoms with E-state index >= 15 is 0 Å². The van der Waals surface area contributed by atoms with Crippen molar-refractivity contribution in [2.45, 2.75) is 44.1 Å². The predicted octanol–water partition coefficient (Wildman–Crippen LogP) is 0.485. The highest BCUT2D eigenvalue weighted by Crippen LogP contribution is 2.33. The number of nitrogens with one attached hydrogen (secondary N) is 1. The average Bonchev–Trinajstić information content (AvgIpc) is 3.06. The molecule has 2 rings (SSSR count). The summed E-state index contributed by atoms with van der Waals surface area (Å²) in [6.07, 6.45) is 4.78. The summed E-state index contributed by atoms with van der Waals surface area (Å²) < 4.78 is 0. The Morgan fingerprint density at radius 3 is 2.29 bits per heavy atom. The molecule has 0 saturated heterocycles. The SMILES string of the molecule is NC1(C(=O)NCC2CCC(C(=O)O)CC2)CC1. The number of hydrogen-bond acceptors (Lipinski definition) is 3. The van der Waals surface area contributed by atoms with Crippen LogP contribution in [-0.4, -0.2) is 29.1 Å². The van der Waals surface area contributed by atoms with Crippen molar-refractivity contribution in [2.24, 2.45) is 17.6 Å². The molecule has 0 radical (unpaired) electrons. The highest BCUT2D eigenvalue weighted by Gasteiger charge is 2.45. The van der Waals surface area contributed by atoms with E-state index < -0.39 is 11.5 Å². The Hall–Kier alpha value is -1.10. The fourth-order valence-corrected chi connectivity index (χ4v) is 2.39. The second-order valence-corrected chi connectivity index (χ2v) is 5.42. The van der Waals surface area contributed by atoms with Crippen LogP contribution in [0.5, 0.6) is 0 Å². The van der Waals surface area contributed by atoms with E-state index in [2.05, 4.69) is 5.32 Å². The van der Waals surface area contributed by atoms with Crippen LogP contribution < -0.4 is 11.1 Å². The van der Waals surface area contributed by atoms with Crippen molar-refractivity contribution in [1.29, 1.82) is 0 Å². The smallest absolute Gasteiger partial charge is 0.306 e. The van der Waals surface area contributed by atoms with E-state index in [1.807, 2.05) is 0 Å². The predicted molar refractivity (Wildman–Crippen MR) is 62.2 cm³/mol. The van der Waals surface area contributed by atoms with E-state index in [4.69, 9.17) is 10.8 Å². The Bertz CT molecular complexity index is 318. The second kappa shape index (κ2) is 4.64. The van der Waals surface area contributed by atoms with Crippen LogP contribution in [0, 0.1) is 11.8 Å². The standard InChI is InChI=1S/C12H20N2O3/c13-12(5-6-12)11(17)14-7-8-1-3-9(4-2-8)10(15)16/h8-9H,1-7,13H2,(H,14,17)(H,15,16). The van der Waals surface area contributed by atoms with Gasteiger partial charge in [-0.2, -0.15) is 0 Å². The quantitative estimate of drug-likeness (QED) is 0.666. The summed E-state index contributed by atoms with van der Waals surface area (Å²) in [7, 11) is 0. The van der Waals surface area contributed by atoms with Crippen LogP contribution >= 0.6 is 0 Å². The van der Waals surface area contributed by atoms with Gasteiger partial charge in [-0.3, -0.25) is 9.59 Å². The topological polar surface area (TPSA) is 92.4 Å². The number of rotatable bonds is 4. The van der Waals surface area contributed by atoms with E-state index in [1.54, 1.807) is 0 Å². The van der Waals surface area contributed by atoms with Crippen LogP contribution in [0.3, 0.4) is 0 Å². The zero-order valence-electron chi connectivity index (χ0n) is 9.95. The van der Waals surface area contributed by atoms with E-state index in [9.17, 15) is 9.59 Å². The minimum absolute atomic E-state index is 0.0436. The Morgan fingerprint density at radius 2 is 1.82 bits per heavy atom. The summed E-state index contributed by atoms with van der Waals surface area (Å²) in [5, 5.41) is 11.8. The first-order valence-corrected chi connectivity index (χ1v) is 6.31. The molecule has 0 aliphatic heterocycles. The van der Waals surface area contributed by atoms with Crippen LogP contribution in [0.15, 0.2) is 0 Å². The van der Waals surface area contributed by atoms with Gasteiger partial charge in [0.25, 0.3) is 0 Å².